The summed E-state index contributed by atoms with van der Waals surface area (Å²) < 4.78 is 0. The van der Waals surface area contributed by atoms with E-state index in [4.69, 9.17) is 0 Å². The lowest BCUT2D eigenvalue weighted by Crippen LogP contribution is -2.51. The van der Waals surface area contributed by atoms with Gasteiger partial charge in [0, 0.05) is 17.3 Å². The van der Waals surface area contributed by atoms with Crippen LogP contribution >= 0.6 is 0 Å². The summed E-state index contributed by atoms with van der Waals surface area (Å²) in [5.74, 6) is -1.13. The van der Waals surface area contributed by atoms with Crippen molar-refractivity contribution in [3.8, 4) is 0 Å². The smallest absolute Gasteiger partial charge is 0.328 e. The highest BCUT2D eigenvalue weighted by molar-refractivity contribution is 5.93. The van der Waals surface area contributed by atoms with Crippen LogP contribution in [0.25, 0.3) is 0 Å². The molecule has 1 aliphatic carbocycles. The molecule has 1 saturated carbocycles. The van der Waals surface area contributed by atoms with Gasteiger partial charge in [-0.05, 0) is 75.3 Å². The number of amides is 2. The van der Waals surface area contributed by atoms with Gasteiger partial charge in [-0.3, -0.25) is 9.59 Å². The van der Waals surface area contributed by atoms with Crippen LogP contribution in [0.5, 0.6) is 0 Å². The number of anilines is 2. The van der Waals surface area contributed by atoms with E-state index in [1.54, 1.807) is 0 Å². The third-order valence-corrected chi connectivity index (χ3v) is 5.96. The predicted octanol–water partition coefficient (Wildman–Crippen LogP) is 3.99. The first-order valence-electron chi connectivity index (χ1n) is 11.0. The topological polar surface area (TPSA) is 108 Å². The Morgan fingerprint density at radius 2 is 1.53 bits per heavy atom. The van der Waals surface area contributed by atoms with Crippen LogP contribution in [-0.4, -0.2) is 35.0 Å². The van der Waals surface area contributed by atoms with E-state index in [0.717, 1.165) is 37.1 Å². The zero-order chi connectivity index (χ0) is 23.1. The van der Waals surface area contributed by atoms with E-state index in [9.17, 15) is 19.5 Å². The molecular formula is C25H31N3O4. The van der Waals surface area contributed by atoms with Gasteiger partial charge in [-0.15, -0.1) is 0 Å². The molecule has 0 atom stereocenters. The van der Waals surface area contributed by atoms with Crippen molar-refractivity contribution < 1.29 is 19.5 Å². The van der Waals surface area contributed by atoms with Gasteiger partial charge in [0.05, 0.1) is 6.54 Å². The zero-order valence-electron chi connectivity index (χ0n) is 18.6. The van der Waals surface area contributed by atoms with E-state index in [0.29, 0.717) is 5.92 Å². The van der Waals surface area contributed by atoms with Gasteiger partial charge in [-0.25, -0.2) is 4.79 Å². The van der Waals surface area contributed by atoms with Gasteiger partial charge in [-0.1, -0.05) is 30.3 Å². The van der Waals surface area contributed by atoms with E-state index in [2.05, 4.69) is 16.0 Å². The number of rotatable bonds is 8. The maximum atomic E-state index is 12.4. The molecule has 0 unspecified atom stereocenters. The Morgan fingerprint density at radius 3 is 2.12 bits per heavy atom. The molecule has 170 valence electrons. The Morgan fingerprint density at radius 1 is 0.906 bits per heavy atom. The molecule has 1 aliphatic rings. The maximum Gasteiger partial charge on any atom is 0.328 e. The summed E-state index contributed by atoms with van der Waals surface area (Å²) in [4.78, 5) is 35.8. The first-order valence-corrected chi connectivity index (χ1v) is 11.0. The molecule has 4 N–H and O–H groups in total. The Hall–Kier alpha value is -3.35. The van der Waals surface area contributed by atoms with Gasteiger partial charge >= 0.3 is 5.97 Å². The second-order valence-electron chi connectivity index (χ2n) is 8.86. The molecule has 2 aromatic carbocycles. The molecule has 3 rings (SSSR count). The van der Waals surface area contributed by atoms with E-state index in [1.165, 1.54) is 19.4 Å². The lowest BCUT2D eigenvalue weighted by Gasteiger charge is -2.30. The third kappa shape index (κ3) is 6.33. The van der Waals surface area contributed by atoms with Gasteiger partial charge < -0.3 is 21.1 Å². The highest BCUT2D eigenvalue weighted by Gasteiger charge is 2.33. The average molecular weight is 438 g/mol. The number of hydrogen-bond acceptors (Lipinski definition) is 4. The van der Waals surface area contributed by atoms with Gasteiger partial charge in [0.1, 0.15) is 5.54 Å². The average Bonchev–Trinajstić information content (AvgIpc) is 2.78. The fourth-order valence-corrected chi connectivity index (χ4v) is 3.93. The van der Waals surface area contributed by atoms with Crippen LogP contribution in [-0.2, 0) is 14.4 Å². The third-order valence-electron chi connectivity index (χ3n) is 5.96. The summed E-state index contributed by atoms with van der Waals surface area (Å²) in [7, 11) is 0. The molecule has 7 heteroatoms. The van der Waals surface area contributed by atoms with Crippen molar-refractivity contribution in [1.29, 1.82) is 0 Å². The Labute approximate surface area is 188 Å². The Bertz CT molecular complexity index is 933. The number of aliphatic carboxylic acids is 1. The monoisotopic (exact) mass is 437 g/mol. The van der Waals surface area contributed by atoms with Crippen LogP contribution in [0, 0.1) is 5.92 Å². The first-order chi connectivity index (χ1) is 15.2. The molecule has 0 bridgehead atoms. The van der Waals surface area contributed by atoms with E-state index in [1.807, 2.05) is 54.6 Å². The second kappa shape index (κ2) is 10.3. The Balaban J connectivity index is 1.46. The van der Waals surface area contributed by atoms with Crippen LogP contribution in [0.1, 0.15) is 51.0 Å². The van der Waals surface area contributed by atoms with Crippen molar-refractivity contribution in [1.82, 2.24) is 5.32 Å². The molecule has 0 radical (unpaired) electrons. The Kier molecular flexibility index (Phi) is 7.51. The summed E-state index contributed by atoms with van der Waals surface area (Å²) in [5, 5.41) is 17.8. The second-order valence-corrected chi connectivity index (χ2v) is 8.86. The van der Waals surface area contributed by atoms with E-state index < -0.39 is 11.5 Å². The molecule has 0 aromatic heterocycles. The highest BCUT2D eigenvalue weighted by atomic mass is 16.4. The van der Waals surface area contributed by atoms with Gasteiger partial charge in [0.15, 0.2) is 0 Å². The molecule has 2 amide bonds. The molecule has 1 fully saturated rings. The minimum absolute atomic E-state index is 0.114. The van der Waals surface area contributed by atoms with Crippen molar-refractivity contribution >= 4 is 29.2 Å². The number of carboxylic acids is 1. The van der Waals surface area contributed by atoms with E-state index >= 15 is 0 Å². The number of hydrogen-bond donors (Lipinski definition) is 4. The first kappa shape index (κ1) is 23.3. The minimum atomic E-state index is -1.26. The summed E-state index contributed by atoms with van der Waals surface area (Å²) in [6, 6.07) is 17.4. The summed E-state index contributed by atoms with van der Waals surface area (Å²) >= 11 is 0. The predicted molar refractivity (Wildman–Crippen MR) is 125 cm³/mol. The number of benzene rings is 2. The van der Waals surface area contributed by atoms with Crippen LogP contribution in [0.2, 0.25) is 0 Å². The summed E-state index contributed by atoms with van der Waals surface area (Å²) in [6.45, 7) is 3.18. The molecule has 2 aromatic rings. The molecule has 7 nitrogen and oxygen atoms in total. The molecule has 0 heterocycles. The largest absolute Gasteiger partial charge is 0.480 e. The van der Waals surface area contributed by atoms with Gasteiger partial charge in [-0.2, -0.15) is 0 Å². The fraction of sp³-hybridized carbons (Fsp3) is 0.400. The van der Waals surface area contributed by atoms with Crippen molar-refractivity contribution in [3.05, 3.63) is 60.2 Å². The normalized spacial score (nSPS) is 18.4. The van der Waals surface area contributed by atoms with E-state index in [-0.39, 0.29) is 24.3 Å². The standard InChI is InChI=1S/C25H31N3O4/c1-25(2,24(31)32)28-23(30)19-10-8-17(9-11-19)18-12-14-21(15-13-18)27-22(29)16-26-20-6-4-3-5-7-20/h3-7,12-15,17,19,26H,8-11,16H2,1-2H3,(H,27,29)(H,28,30)(H,31,32)/t17-,19-. The van der Waals surface area contributed by atoms with Crippen LogP contribution in [0.4, 0.5) is 11.4 Å². The number of nitrogens with one attached hydrogen (secondary N) is 3. The quantitative estimate of drug-likeness (QED) is 0.499. The van der Waals surface area contributed by atoms with Crippen LogP contribution < -0.4 is 16.0 Å². The summed E-state index contributed by atoms with van der Waals surface area (Å²) in [5.41, 5.74) is 1.58. The number of carbonyl (C=O) groups excluding carboxylic acids is 2. The van der Waals surface area contributed by atoms with Crippen molar-refractivity contribution in [3.63, 3.8) is 0 Å². The number of carboxylic acid groups (broad SMARTS) is 1. The molecule has 0 aliphatic heterocycles. The molecule has 0 saturated heterocycles. The molecule has 32 heavy (non-hydrogen) atoms. The zero-order valence-corrected chi connectivity index (χ0v) is 18.6. The molecular weight excluding hydrogens is 406 g/mol. The van der Waals surface area contributed by atoms with Crippen molar-refractivity contribution in [2.75, 3.05) is 17.2 Å². The number of para-hydroxylation sites is 1. The van der Waals surface area contributed by atoms with Crippen molar-refractivity contribution in [2.24, 2.45) is 5.92 Å². The van der Waals surface area contributed by atoms with Crippen molar-refractivity contribution in [2.45, 2.75) is 51.0 Å². The molecule has 0 spiro atoms. The SMILES string of the molecule is CC(C)(NC(=O)[C@H]1CC[C@H](c2ccc(NC(=O)CNc3ccccc3)cc2)CC1)C(=O)O. The highest BCUT2D eigenvalue weighted by Crippen LogP contribution is 2.36. The lowest BCUT2D eigenvalue weighted by molar-refractivity contribution is -0.146. The van der Waals surface area contributed by atoms with Crippen LogP contribution in [0.15, 0.2) is 54.6 Å². The fourth-order valence-electron chi connectivity index (χ4n) is 3.93. The number of carbonyl (C=O) groups is 3. The lowest BCUT2D eigenvalue weighted by atomic mass is 9.78. The summed E-state index contributed by atoms with van der Waals surface area (Å²) in [6.07, 6.45) is 3.21. The van der Waals surface area contributed by atoms with Gasteiger partial charge in [0.2, 0.25) is 11.8 Å². The van der Waals surface area contributed by atoms with Gasteiger partial charge in [0.25, 0.3) is 0 Å². The minimum Gasteiger partial charge on any atom is -0.480 e. The maximum absolute atomic E-state index is 12.4. The van der Waals surface area contributed by atoms with Crippen LogP contribution in [0.3, 0.4) is 0 Å².